The van der Waals surface area contributed by atoms with Gasteiger partial charge in [-0.1, -0.05) is 42.5 Å². The molecule has 12 heteroatoms. The van der Waals surface area contributed by atoms with Gasteiger partial charge < -0.3 is 30.6 Å². The summed E-state index contributed by atoms with van der Waals surface area (Å²) in [6.07, 6.45) is 0. The second-order valence-corrected chi connectivity index (χ2v) is 7.18. The predicted molar refractivity (Wildman–Crippen MR) is 119 cm³/mol. The molecule has 0 amide bonds. The third kappa shape index (κ3) is 4.09. The van der Waals surface area contributed by atoms with Gasteiger partial charge >= 0.3 is 35.8 Å². The molecule has 12 nitrogen and oxygen atoms in total. The first kappa shape index (κ1) is 25.1. The molecular weight excluding hydrogens is 480 g/mol. The van der Waals surface area contributed by atoms with Crippen LogP contribution in [0.25, 0.3) is 22.3 Å². The van der Waals surface area contributed by atoms with Gasteiger partial charge in [-0.25, -0.2) is 28.8 Å². The molecule has 0 fully saturated rings. The zero-order chi connectivity index (χ0) is 26.9. The van der Waals surface area contributed by atoms with E-state index in [0.29, 0.717) is 0 Å². The molecule has 36 heavy (non-hydrogen) atoms. The van der Waals surface area contributed by atoms with E-state index in [9.17, 15) is 59.4 Å². The Morgan fingerprint density at radius 3 is 1.22 bits per heavy atom. The van der Waals surface area contributed by atoms with Crippen molar-refractivity contribution >= 4 is 35.8 Å². The predicted octanol–water partition coefficient (Wildman–Crippen LogP) is 3.21. The molecular formula is C24H14O12. The van der Waals surface area contributed by atoms with E-state index in [-0.39, 0.29) is 11.1 Å². The monoisotopic (exact) mass is 494 g/mol. The van der Waals surface area contributed by atoms with E-state index in [1.165, 1.54) is 24.3 Å². The van der Waals surface area contributed by atoms with Crippen LogP contribution in [0, 0.1) is 0 Å². The van der Waals surface area contributed by atoms with E-state index in [0.717, 1.165) is 18.2 Å². The second-order valence-electron chi connectivity index (χ2n) is 7.18. The highest BCUT2D eigenvalue weighted by atomic mass is 16.4. The van der Waals surface area contributed by atoms with E-state index in [4.69, 9.17) is 0 Å². The number of aromatic carboxylic acids is 6. The first-order chi connectivity index (χ1) is 16.9. The van der Waals surface area contributed by atoms with Gasteiger partial charge in [0.05, 0.1) is 33.4 Å². The molecule has 3 aromatic rings. The Hall–Kier alpha value is -5.52. The molecule has 6 N–H and O–H groups in total. The lowest BCUT2D eigenvalue weighted by atomic mass is 9.80. The van der Waals surface area contributed by atoms with Crippen LogP contribution in [-0.4, -0.2) is 66.5 Å². The minimum absolute atomic E-state index is 0.147. The quantitative estimate of drug-likeness (QED) is 0.265. The van der Waals surface area contributed by atoms with Crippen LogP contribution in [-0.2, 0) is 0 Å². The summed E-state index contributed by atoms with van der Waals surface area (Å²) in [6.45, 7) is 0. The van der Waals surface area contributed by atoms with Gasteiger partial charge in [0.2, 0.25) is 0 Å². The molecule has 0 unspecified atom stereocenters. The Balaban J connectivity index is 2.80. The first-order valence-electron chi connectivity index (χ1n) is 9.72. The molecule has 0 aliphatic rings. The maximum Gasteiger partial charge on any atom is 0.337 e. The van der Waals surface area contributed by atoms with Crippen molar-refractivity contribution in [3.63, 3.8) is 0 Å². The Morgan fingerprint density at radius 1 is 0.417 bits per heavy atom. The lowest BCUT2D eigenvalue weighted by molar-refractivity contribution is 0.0610. The minimum Gasteiger partial charge on any atom is -0.478 e. The van der Waals surface area contributed by atoms with E-state index >= 15 is 0 Å². The van der Waals surface area contributed by atoms with Crippen molar-refractivity contribution in [3.8, 4) is 22.3 Å². The number of carboxylic acid groups (broad SMARTS) is 6. The van der Waals surface area contributed by atoms with Crippen molar-refractivity contribution in [2.75, 3.05) is 0 Å². The van der Waals surface area contributed by atoms with E-state index in [2.05, 4.69) is 0 Å². The van der Waals surface area contributed by atoms with Gasteiger partial charge in [0.15, 0.2) is 0 Å². The maximum absolute atomic E-state index is 12.3. The Labute approximate surface area is 199 Å². The zero-order valence-electron chi connectivity index (χ0n) is 17.8. The smallest absolute Gasteiger partial charge is 0.337 e. The highest BCUT2D eigenvalue weighted by Gasteiger charge is 2.39. The Kier molecular flexibility index (Phi) is 6.54. The summed E-state index contributed by atoms with van der Waals surface area (Å²) in [6, 6.07) is 10.7. The molecule has 0 aliphatic carbocycles. The Morgan fingerprint density at radius 2 is 0.833 bits per heavy atom. The molecule has 0 aliphatic heterocycles. The van der Waals surface area contributed by atoms with Crippen molar-refractivity contribution in [1.29, 1.82) is 0 Å². The molecule has 3 rings (SSSR count). The van der Waals surface area contributed by atoms with Crippen molar-refractivity contribution in [3.05, 3.63) is 81.9 Å². The molecule has 0 aromatic heterocycles. The highest BCUT2D eigenvalue weighted by molar-refractivity contribution is 6.23. The van der Waals surface area contributed by atoms with Gasteiger partial charge in [0, 0.05) is 11.1 Å². The summed E-state index contributed by atoms with van der Waals surface area (Å²) in [4.78, 5) is 72.6. The number of rotatable bonds is 8. The molecule has 0 saturated carbocycles. The zero-order valence-corrected chi connectivity index (χ0v) is 17.8. The van der Waals surface area contributed by atoms with E-state index in [1.54, 1.807) is 6.07 Å². The average molecular weight is 494 g/mol. The fourth-order valence-corrected chi connectivity index (χ4v) is 3.94. The Bertz CT molecular complexity index is 1430. The van der Waals surface area contributed by atoms with Gasteiger partial charge in [-0.3, -0.25) is 0 Å². The number of carboxylic acids is 6. The molecule has 182 valence electrons. The molecule has 3 aromatic carbocycles. The first-order valence-corrected chi connectivity index (χ1v) is 9.72. The lowest BCUT2D eigenvalue weighted by Crippen LogP contribution is -2.25. The SMILES string of the molecule is O=C(O)c1cccc(-c2c(C(=O)O)c(C(=O)O)c(C(=O)O)c(C(=O)O)c2C(=O)O)c1-c1ccccc1. The van der Waals surface area contributed by atoms with Crippen LogP contribution in [0.4, 0.5) is 0 Å². The maximum atomic E-state index is 12.3. The summed E-state index contributed by atoms with van der Waals surface area (Å²) < 4.78 is 0. The largest absolute Gasteiger partial charge is 0.478 e. The van der Waals surface area contributed by atoms with Crippen LogP contribution >= 0.6 is 0 Å². The molecule has 0 heterocycles. The molecule has 0 atom stereocenters. The molecule has 0 spiro atoms. The van der Waals surface area contributed by atoms with Gasteiger partial charge in [-0.15, -0.1) is 0 Å². The van der Waals surface area contributed by atoms with Crippen LogP contribution in [0.3, 0.4) is 0 Å². The summed E-state index contributed by atoms with van der Waals surface area (Å²) in [5, 5.41) is 58.6. The number of hydrogen-bond acceptors (Lipinski definition) is 6. The van der Waals surface area contributed by atoms with Crippen LogP contribution in [0.15, 0.2) is 48.5 Å². The van der Waals surface area contributed by atoms with Crippen LogP contribution in [0.5, 0.6) is 0 Å². The third-order valence-electron chi connectivity index (χ3n) is 5.20. The lowest BCUT2D eigenvalue weighted by Gasteiger charge is -2.21. The summed E-state index contributed by atoms with van der Waals surface area (Å²) >= 11 is 0. The highest BCUT2D eigenvalue weighted by Crippen LogP contribution is 2.42. The molecule has 0 saturated heterocycles. The number of hydrogen-bond donors (Lipinski definition) is 6. The van der Waals surface area contributed by atoms with E-state index < -0.39 is 80.3 Å². The van der Waals surface area contributed by atoms with Crippen LogP contribution < -0.4 is 0 Å². The van der Waals surface area contributed by atoms with Gasteiger partial charge in [-0.05, 0) is 17.2 Å². The standard InChI is InChI=1S/C24H14O12/c25-19(26)11-8-4-7-10(12(11)9-5-2-1-3-6-9)13-14(20(27)28)16(22(31)32)18(24(35)36)17(23(33)34)15(13)21(29)30/h1-8H,(H,25,26)(H,27,28)(H,29,30)(H,31,32)(H,33,34)(H,35,36). The van der Waals surface area contributed by atoms with Crippen LogP contribution in [0.2, 0.25) is 0 Å². The van der Waals surface area contributed by atoms with Crippen molar-refractivity contribution in [2.24, 2.45) is 0 Å². The number of benzene rings is 3. The van der Waals surface area contributed by atoms with Gasteiger partial charge in [0.25, 0.3) is 0 Å². The molecule has 0 bridgehead atoms. The van der Waals surface area contributed by atoms with Gasteiger partial charge in [0.1, 0.15) is 0 Å². The van der Waals surface area contributed by atoms with Crippen molar-refractivity contribution < 1.29 is 59.4 Å². The van der Waals surface area contributed by atoms with Crippen LogP contribution in [0.1, 0.15) is 62.1 Å². The summed E-state index contributed by atoms with van der Waals surface area (Å²) in [5.41, 5.74) is -9.13. The minimum atomic E-state index is -2.19. The fourth-order valence-electron chi connectivity index (χ4n) is 3.94. The topological polar surface area (TPSA) is 224 Å². The fraction of sp³-hybridized carbons (Fsp3) is 0. The summed E-state index contributed by atoms with van der Waals surface area (Å²) in [5.74, 6) is -12.2. The third-order valence-corrected chi connectivity index (χ3v) is 5.20. The summed E-state index contributed by atoms with van der Waals surface area (Å²) in [7, 11) is 0. The average Bonchev–Trinajstić information content (AvgIpc) is 2.81. The second kappa shape index (κ2) is 9.38. The normalized spacial score (nSPS) is 10.4. The van der Waals surface area contributed by atoms with Gasteiger partial charge in [-0.2, -0.15) is 0 Å². The number of carbonyl (C=O) groups is 6. The molecule has 0 radical (unpaired) electrons. The van der Waals surface area contributed by atoms with Crippen molar-refractivity contribution in [2.45, 2.75) is 0 Å². The van der Waals surface area contributed by atoms with E-state index in [1.807, 2.05) is 0 Å². The van der Waals surface area contributed by atoms with Crippen molar-refractivity contribution in [1.82, 2.24) is 0 Å².